The number of hydrogen-bond donors (Lipinski definition) is 2. The first-order chi connectivity index (χ1) is 24.0. The van der Waals surface area contributed by atoms with Crippen LogP contribution in [0.25, 0.3) is 10.9 Å². The average Bonchev–Trinajstić information content (AvgIpc) is 3.09. The third-order valence-corrected chi connectivity index (χ3v) is 7.95. The van der Waals surface area contributed by atoms with Crippen LogP contribution in [0.4, 0.5) is 15.0 Å². The van der Waals surface area contributed by atoms with Crippen LogP contribution in [0.15, 0.2) is 66.9 Å². The van der Waals surface area contributed by atoms with Gasteiger partial charge in [-0.3, -0.25) is 9.78 Å². The molecule has 0 spiro atoms. The number of halogens is 1. The molecule has 1 aliphatic heterocycles. The van der Waals surface area contributed by atoms with Crippen molar-refractivity contribution in [3.63, 3.8) is 0 Å². The van der Waals surface area contributed by atoms with Gasteiger partial charge in [-0.05, 0) is 57.4 Å². The number of pyridine rings is 2. The molecule has 13 heteroatoms. The number of fused-ring (bicyclic) bond motifs is 1. The Kier molecular flexibility index (Phi) is 11.7. The van der Waals surface area contributed by atoms with E-state index in [-0.39, 0.29) is 37.1 Å². The molecule has 2 aromatic carbocycles. The second kappa shape index (κ2) is 16.3. The number of unbranched alkanes of at least 4 members (excludes halogenated alkanes) is 1. The van der Waals surface area contributed by atoms with E-state index in [9.17, 15) is 23.9 Å². The molecule has 3 heterocycles. The lowest BCUT2D eigenvalue weighted by molar-refractivity contribution is -0.131. The summed E-state index contributed by atoms with van der Waals surface area (Å²) in [5.74, 6) is -0.744. The summed E-state index contributed by atoms with van der Waals surface area (Å²) < 4.78 is 31.0. The summed E-state index contributed by atoms with van der Waals surface area (Å²) in [4.78, 5) is 50.2. The van der Waals surface area contributed by atoms with Gasteiger partial charge < -0.3 is 34.4 Å². The van der Waals surface area contributed by atoms with E-state index in [4.69, 9.17) is 14.2 Å². The zero-order chi connectivity index (χ0) is 35.7. The number of carbonyl (C=O) groups is 3. The molecule has 1 aliphatic rings. The summed E-state index contributed by atoms with van der Waals surface area (Å²) in [6.45, 7) is 7.68. The van der Waals surface area contributed by atoms with E-state index >= 15 is 0 Å². The summed E-state index contributed by atoms with van der Waals surface area (Å²) in [6.07, 6.45) is 2.47. The van der Waals surface area contributed by atoms with Crippen molar-refractivity contribution < 1.29 is 38.1 Å². The number of nitrogens with zero attached hydrogens (tertiary/aromatic N) is 4. The fraction of sp³-hybridized carbons (Fsp3) is 0.378. The minimum atomic E-state index is -1.22. The maximum atomic E-state index is 13.9. The van der Waals surface area contributed by atoms with E-state index in [1.807, 2.05) is 41.3 Å². The van der Waals surface area contributed by atoms with Gasteiger partial charge in [-0.15, -0.1) is 0 Å². The molecule has 50 heavy (non-hydrogen) atoms. The van der Waals surface area contributed by atoms with Gasteiger partial charge in [0.25, 0.3) is 0 Å². The van der Waals surface area contributed by atoms with Crippen molar-refractivity contribution in [2.24, 2.45) is 0 Å². The number of hydrogen-bond acceptors (Lipinski definition) is 9. The van der Waals surface area contributed by atoms with Crippen LogP contribution in [-0.2, 0) is 22.7 Å². The van der Waals surface area contributed by atoms with Crippen molar-refractivity contribution in [3.8, 4) is 11.5 Å². The number of amides is 2. The number of ether oxygens (including phenoxy) is 3. The predicted molar refractivity (Wildman–Crippen MR) is 185 cm³/mol. The highest BCUT2D eigenvalue weighted by Gasteiger charge is 2.27. The summed E-state index contributed by atoms with van der Waals surface area (Å²) in [7, 11) is 0. The summed E-state index contributed by atoms with van der Waals surface area (Å²) in [5.41, 5.74) is 1.05. The Balaban J connectivity index is 1.13. The molecule has 5 rings (SSSR count). The molecule has 0 radical (unpaired) electrons. The summed E-state index contributed by atoms with van der Waals surface area (Å²) >= 11 is 0. The van der Waals surface area contributed by atoms with Crippen LogP contribution >= 0.6 is 0 Å². The van der Waals surface area contributed by atoms with Crippen molar-refractivity contribution in [2.75, 3.05) is 37.7 Å². The molecule has 1 fully saturated rings. The van der Waals surface area contributed by atoms with Crippen LogP contribution in [0.2, 0.25) is 0 Å². The molecule has 0 unspecified atom stereocenters. The van der Waals surface area contributed by atoms with Gasteiger partial charge in [0.05, 0.1) is 6.61 Å². The van der Waals surface area contributed by atoms with E-state index in [1.165, 1.54) is 12.1 Å². The van der Waals surface area contributed by atoms with Gasteiger partial charge in [0.1, 0.15) is 35.1 Å². The largest absolute Gasteiger partial charge is 0.493 e. The molecule has 0 aliphatic carbocycles. The van der Waals surface area contributed by atoms with Gasteiger partial charge in [0.2, 0.25) is 5.91 Å². The number of rotatable bonds is 13. The number of nitrogens with one attached hydrogen (secondary N) is 1. The molecule has 2 N–H and O–H groups in total. The normalized spacial score (nSPS) is 13.2. The number of carboxylic acids is 1. The predicted octanol–water partition coefficient (Wildman–Crippen LogP) is 5.97. The quantitative estimate of drug-likeness (QED) is 0.161. The van der Waals surface area contributed by atoms with E-state index in [0.29, 0.717) is 73.5 Å². The Morgan fingerprint density at radius 2 is 1.72 bits per heavy atom. The molecule has 0 saturated carbocycles. The molecule has 4 aromatic rings. The number of benzene rings is 2. The van der Waals surface area contributed by atoms with Crippen LogP contribution in [0.3, 0.4) is 0 Å². The lowest BCUT2D eigenvalue weighted by atomic mass is 10.1. The Hall–Kier alpha value is -5.46. The van der Waals surface area contributed by atoms with Crippen molar-refractivity contribution in [1.82, 2.24) is 20.2 Å². The summed E-state index contributed by atoms with van der Waals surface area (Å²) in [6, 6.07) is 17.2. The number of aromatic nitrogens is 2. The molecular weight excluding hydrogens is 645 g/mol. The zero-order valence-electron chi connectivity index (χ0n) is 28.5. The first-order valence-corrected chi connectivity index (χ1v) is 16.6. The Morgan fingerprint density at radius 3 is 2.44 bits per heavy atom. The first kappa shape index (κ1) is 35.8. The zero-order valence-corrected chi connectivity index (χ0v) is 28.5. The Morgan fingerprint density at radius 1 is 0.960 bits per heavy atom. The lowest BCUT2D eigenvalue weighted by Crippen LogP contribution is -2.49. The van der Waals surface area contributed by atoms with Crippen LogP contribution < -0.4 is 19.7 Å². The highest BCUT2D eigenvalue weighted by Crippen LogP contribution is 2.34. The highest BCUT2D eigenvalue weighted by molar-refractivity contribution is 6.01. The van der Waals surface area contributed by atoms with Gasteiger partial charge in [0.15, 0.2) is 11.4 Å². The van der Waals surface area contributed by atoms with Crippen LogP contribution in [0, 0.1) is 5.82 Å². The Labute approximate surface area is 290 Å². The fourth-order valence-electron chi connectivity index (χ4n) is 5.52. The van der Waals surface area contributed by atoms with E-state index in [0.717, 1.165) is 5.56 Å². The highest BCUT2D eigenvalue weighted by atomic mass is 19.1. The molecule has 1 saturated heterocycles. The molecule has 2 aromatic heterocycles. The van der Waals surface area contributed by atoms with Gasteiger partial charge in [-0.25, -0.2) is 19.0 Å². The van der Waals surface area contributed by atoms with Crippen molar-refractivity contribution in [1.29, 1.82) is 0 Å². The molecule has 0 bridgehead atoms. The standard InChI is InChI=1S/C37H42FN5O7/c1-37(2,3)50-36(47)40-23-26-14-15-27(38)22-29(26)48-21-8-7-13-30(44)42-17-19-43(20-18-42)34-28-12-9-16-39-31(28)33(32(41-34)35(45)46)49-24-25-10-5-4-6-11-25/h4-6,9-12,14-16,22H,7-8,13,17-21,23-24H2,1-3H3,(H,40,47)(H,45,46). The minimum absolute atomic E-state index is 0.00743. The number of carbonyl (C=O) groups excluding carboxylic acids is 2. The van der Waals surface area contributed by atoms with Crippen molar-refractivity contribution in [2.45, 2.75) is 58.8 Å². The topological polar surface area (TPSA) is 143 Å². The number of aromatic carboxylic acids is 1. The van der Waals surface area contributed by atoms with Crippen molar-refractivity contribution >= 4 is 34.7 Å². The van der Waals surface area contributed by atoms with Gasteiger partial charge in [0, 0.05) is 62.4 Å². The number of piperazine rings is 1. The minimum Gasteiger partial charge on any atom is -0.493 e. The third kappa shape index (κ3) is 9.58. The second-order valence-corrected chi connectivity index (χ2v) is 12.9. The van der Waals surface area contributed by atoms with E-state index in [2.05, 4.69) is 15.3 Å². The first-order valence-electron chi connectivity index (χ1n) is 16.6. The molecule has 264 valence electrons. The monoisotopic (exact) mass is 687 g/mol. The maximum absolute atomic E-state index is 13.9. The molecule has 2 amide bonds. The van der Waals surface area contributed by atoms with Crippen molar-refractivity contribution in [3.05, 3.63) is 89.5 Å². The fourth-order valence-corrected chi connectivity index (χ4v) is 5.52. The number of carboxylic acid groups (broad SMARTS) is 1. The van der Waals surface area contributed by atoms with Gasteiger partial charge >= 0.3 is 12.1 Å². The summed E-state index contributed by atoms with van der Waals surface area (Å²) in [5, 5.41) is 13.4. The van der Waals surface area contributed by atoms with Crippen LogP contribution in [0.1, 0.15) is 61.6 Å². The molecular formula is C37H42FN5O7. The van der Waals surface area contributed by atoms with Crippen LogP contribution in [0.5, 0.6) is 11.5 Å². The smallest absolute Gasteiger partial charge is 0.407 e. The van der Waals surface area contributed by atoms with Gasteiger partial charge in [-0.2, -0.15) is 0 Å². The lowest BCUT2D eigenvalue weighted by Gasteiger charge is -2.36. The van der Waals surface area contributed by atoms with Gasteiger partial charge in [-0.1, -0.05) is 36.4 Å². The SMILES string of the molecule is CC(C)(C)OC(=O)NCc1ccc(F)cc1OCCCCC(=O)N1CCN(c2nc(C(=O)O)c(OCc3ccccc3)c3ncccc23)CC1. The van der Waals surface area contributed by atoms with E-state index < -0.39 is 23.5 Å². The number of alkyl carbamates (subject to hydrolysis) is 1. The Bertz CT molecular complexity index is 1810. The maximum Gasteiger partial charge on any atom is 0.407 e. The van der Waals surface area contributed by atoms with E-state index in [1.54, 1.807) is 44.0 Å². The number of anilines is 1. The van der Waals surface area contributed by atoms with Crippen LogP contribution in [-0.4, -0.2) is 76.3 Å². The average molecular weight is 688 g/mol. The second-order valence-electron chi connectivity index (χ2n) is 12.9. The third-order valence-electron chi connectivity index (χ3n) is 7.95. The molecule has 0 atom stereocenters. The molecule has 12 nitrogen and oxygen atoms in total.